The minimum absolute atomic E-state index is 0.189. The van der Waals surface area contributed by atoms with E-state index < -0.39 is 0 Å². The normalized spacial score (nSPS) is 19.3. The fraction of sp³-hybridized carbons (Fsp3) is 0.625. The largest absolute Gasteiger partial charge is 0.488 e. The summed E-state index contributed by atoms with van der Waals surface area (Å²) >= 11 is 3.53. The first-order valence-corrected chi connectivity index (χ1v) is 8.18. The van der Waals surface area contributed by atoms with E-state index >= 15 is 0 Å². The van der Waals surface area contributed by atoms with Crippen LogP contribution in [0.5, 0.6) is 5.75 Å². The van der Waals surface area contributed by atoms with Crippen LogP contribution in [0, 0.1) is 5.92 Å². The SMILES string of the molecule is CC(C)CNCc1cc(Br)ccc1OC1CCCOC1. The zero-order chi connectivity index (χ0) is 14.4. The van der Waals surface area contributed by atoms with Gasteiger partial charge in [0.05, 0.1) is 6.61 Å². The van der Waals surface area contributed by atoms with Gasteiger partial charge in [0.15, 0.2) is 0 Å². The van der Waals surface area contributed by atoms with Crippen LogP contribution in [0.25, 0.3) is 0 Å². The summed E-state index contributed by atoms with van der Waals surface area (Å²) in [6, 6.07) is 6.21. The van der Waals surface area contributed by atoms with E-state index in [2.05, 4.69) is 41.2 Å². The second-order valence-corrected chi connectivity index (χ2v) is 6.65. The Morgan fingerprint density at radius 1 is 1.45 bits per heavy atom. The number of nitrogens with one attached hydrogen (secondary N) is 1. The minimum Gasteiger partial charge on any atom is -0.488 e. The average Bonchev–Trinajstić information content (AvgIpc) is 2.42. The molecule has 1 saturated heterocycles. The Labute approximate surface area is 130 Å². The summed E-state index contributed by atoms with van der Waals surface area (Å²) in [5, 5.41) is 3.47. The maximum absolute atomic E-state index is 6.11. The van der Waals surface area contributed by atoms with Gasteiger partial charge in [0.25, 0.3) is 0 Å². The molecule has 1 unspecified atom stereocenters. The highest BCUT2D eigenvalue weighted by Gasteiger charge is 2.17. The van der Waals surface area contributed by atoms with Crippen LogP contribution in [0.15, 0.2) is 22.7 Å². The molecule has 0 radical (unpaired) electrons. The second kappa shape index (κ2) is 8.01. The lowest BCUT2D eigenvalue weighted by Crippen LogP contribution is -2.28. The minimum atomic E-state index is 0.189. The monoisotopic (exact) mass is 341 g/mol. The molecule has 20 heavy (non-hydrogen) atoms. The Balaban J connectivity index is 1.98. The van der Waals surface area contributed by atoms with Crippen molar-refractivity contribution in [2.75, 3.05) is 19.8 Å². The summed E-state index contributed by atoms with van der Waals surface area (Å²) < 4.78 is 12.7. The smallest absolute Gasteiger partial charge is 0.124 e. The van der Waals surface area contributed by atoms with Crippen molar-refractivity contribution >= 4 is 15.9 Å². The molecule has 0 aromatic heterocycles. The van der Waals surface area contributed by atoms with E-state index in [1.807, 2.05) is 12.1 Å². The molecule has 0 saturated carbocycles. The fourth-order valence-electron chi connectivity index (χ4n) is 2.28. The molecule has 1 N–H and O–H groups in total. The predicted molar refractivity (Wildman–Crippen MR) is 85.2 cm³/mol. The summed E-state index contributed by atoms with van der Waals surface area (Å²) in [6.45, 7) is 7.84. The van der Waals surface area contributed by atoms with E-state index in [1.165, 1.54) is 5.56 Å². The van der Waals surface area contributed by atoms with Crippen molar-refractivity contribution in [3.8, 4) is 5.75 Å². The van der Waals surface area contributed by atoms with E-state index in [9.17, 15) is 0 Å². The zero-order valence-corrected chi connectivity index (χ0v) is 13.9. The molecule has 1 aromatic rings. The Morgan fingerprint density at radius 2 is 2.30 bits per heavy atom. The standard InChI is InChI=1S/C16H24BrNO2/c1-12(2)9-18-10-13-8-14(17)5-6-16(13)20-15-4-3-7-19-11-15/h5-6,8,12,15,18H,3-4,7,9-11H2,1-2H3. The molecule has 0 aliphatic carbocycles. The number of hydrogen-bond donors (Lipinski definition) is 1. The number of hydrogen-bond acceptors (Lipinski definition) is 3. The van der Waals surface area contributed by atoms with Gasteiger partial charge in [0.1, 0.15) is 11.9 Å². The lowest BCUT2D eigenvalue weighted by Gasteiger charge is -2.24. The van der Waals surface area contributed by atoms with Gasteiger partial charge in [-0.2, -0.15) is 0 Å². The fourth-order valence-corrected chi connectivity index (χ4v) is 2.69. The van der Waals surface area contributed by atoms with Crippen molar-refractivity contribution in [3.05, 3.63) is 28.2 Å². The van der Waals surface area contributed by atoms with E-state index in [0.717, 1.165) is 42.8 Å². The van der Waals surface area contributed by atoms with Crippen LogP contribution in [-0.4, -0.2) is 25.9 Å². The highest BCUT2D eigenvalue weighted by molar-refractivity contribution is 9.10. The van der Waals surface area contributed by atoms with Gasteiger partial charge in [-0.05, 0) is 43.5 Å². The molecule has 3 nitrogen and oxygen atoms in total. The first-order valence-electron chi connectivity index (χ1n) is 7.38. The van der Waals surface area contributed by atoms with E-state index in [-0.39, 0.29) is 6.10 Å². The van der Waals surface area contributed by atoms with Crippen LogP contribution in [-0.2, 0) is 11.3 Å². The van der Waals surface area contributed by atoms with Crippen molar-refractivity contribution in [1.29, 1.82) is 0 Å². The van der Waals surface area contributed by atoms with Crippen molar-refractivity contribution in [1.82, 2.24) is 5.32 Å². The highest BCUT2D eigenvalue weighted by Crippen LogP contribution is 2.25. The Morgan fingerprint density at radius 3 is 3.00 bits per heavy atom. The average molecular weight is 342 g/mol. The van der Waals surface area contributed by atoms with Gasteiger partial charge in [-0.25, -0.2) is 0 Å². The molecule has 1 fully saturated rings. The van der Waals surface area contributed by atoms with Gasteiger partial charge in [-0.1, -0.05) is 29.8 Å². The quantitative estimate of drug-likeness (QED) is 0.854. The Hall–Kier alpha value is -0.580. The van der Waals surface area contributed by atoms with Crippen LogP contribution in [0.3, 0.4) is 0 Å². The molecule has 112 valence electrons. The third-order valence-corrected chi connectivity index (χ3v) is 3.80. The lowest BCUT2D eigenvalue weighted by atomic mass is 10.1. The summed E-state index contributed by atoms with van der Waals surface area (Å²) in [6.07, 6.45) is 2.35. The van der Waals surface area contributed by atoms with Crippen LogP contribution >= 0.6 is 15.9 Å². The number of rotatable bonds is 6. The van der Waals surface area contributed by atoms with Crippen LogP contribution in [0.4, 0.5) is 0 Å². The van der Waals surface area contributed by atoms with Crippen molar-refractivity contribution in [2.24, 2.45) is 5.92 Å². The summed E-state index contributed by atoms with van der Waals surface area (Å²) in [4.78, 5) is 0. The molecule has 0 bridgehead atoms. The maximum atomic E-state index is 6.11. The van der Waals surface area contributed by atoms with Crippen LogP contribution in [0.2, 0.25) is 0 Å². The third-order valence-electron chi connectivity index (χ3n) is 3.30. The van der Waals surface area contributed by atoms with E-state index in [1.54, 1.807) is 0 Å². The summed E-state index contributed by atoms with van der Waals surface area (Å²) in [5.41, 5.74) is 1.20. The van der Waals surface area contributed by atoms with E-state index in [4.69, 9.17) is 9.47 Å². The predicted octanol–water partition coefficient (Wildman–Crippen LogP) is 3.75. The number of ether oxygens (including phenoxy) is 2. The summed E-state index contributed by atoms with van der Waals surface area (Å²) in [5.74, 6) is 1.62. The number of benzene rings is 1. The van der Waals surface area contributed by atoms with Gasteiger partial charge in [0, 0.05) is 23.2 Å². The molecule has 1 aliphatic rings. The first-order chi connectivity index (χ1) is 9.65. The Bertz CT molecular complexity index is 417. The molecule has 1 aliphatic heterocycles. The molecule has 1 heterocycles. The van der Waals surface area contributed by atoms with E-state index in [0.29, 0.717) is 12.5 Å². The van der Waals surface area contributed by atoms with Crippen molar-refractivity contribution in [3.63, 3.8) is 0 Å². The van der Waals surface area contributed by atoms with Crippen LogP contribution < -0.4 is 10.1 Å². The highest BCUT2D eigenvalue weighted by atomic mass is 79.9. The lowest BCUT2D eigenvalue weighted by molar-refractivity contribution is 0.00699. The van der Waals surface area contributed by atoms with Gasteiger partial charge < -0.3 is 14.8 Å². The molecule has 4 heteroatoms. The second-order valence-electron chi connectivity index (χ2n) is 5.73. The molecular formula is C16H24BrNO2. The molecule has 0 amide bonds. The van der Waals surface area contributed by atoms with Crippen molar-refractivity contribution in [2.45, 2.75) is 39.3 Å². The number of halogens is 1. The van der Waals surface area contributed by atoms with Gasteiger partial charge in [-0.3, -0.25) is 0 Å². The zero-order valence-electron chi connectivity index (χ0n) is 12.3. The van der Waals surface area contributed by atoms with Gasteiger partial charge in [0.2, 0.25) is 0 Å². The summed E-state index contributed by atoms with van der Waals surface area (Å²) in [7, 11) is 0. The Kier molecular flexibility index (Phi) is 6.33. The first kappa shape index (κ1) is 15.8. The maximum Gasteiger partial charge on any atom is 0.124 e. The van der Waals surface area contributed by atoms with Gasteiger partial charge >= 0.3 is 0 Å². The topological polar surface area (TPSA) is 30.5 Å². The molecule has 0 spiro atoms. The van der Waals surface area contributed by atoms with Gasteiger partial charge in [-0.15, -0.1) is 0 Å². The molecule has 1 aromatic carbocycles. The van der Waals surface area contributed by atoms with Crippen LogP contribution in [0.1, 0.15) is 32.3 Å². The molecular weight excluding hydrogens is 318 g/mol. The van der Waals surface area contributed by atoms with Crippen molar-refractivity contribution < 1.29 is 9.47 Å². The molecule has 1 atom stereocenters. The third kappa shape index (κ3) is 5.08. The molecule has 2 rings (SSSR count).